The average molecular weight is 325 g/mol. The molecule has 0 aliphatic carbocycles. The van der Waals surface area contributed by atoms with Gasteiger partial charge in [0.2, 0.25) is 0 Å². The molecule has 120 valence electrons. The summed E-state index contributed by atoms with van der Waals surface area (Å²) in [6, 6.07) is 23.9. The monoisotopic (exact) mass is 325 g/mol. The molecule has 0 aliphatic heterocycles. The molecule has 0 spiro atoms. The lowest BCUT2D eigenvalue weighted by Gasteiger charge is -2.11. The minimum Gasteiger partial charge on any atom is -0.496 e. The van der Waals surface area contributed by atoms with Crippen molar-refractivity contribution in [2.75, 3.05) is 7.11 Å². The van der Waals surface area contributed by atoms with Gasteiger partial charge < -0.3 is 4.74 Å². The third kappa shape index (κ3) is 2.62. The first kappa shape index (κ1) is 15.0. The molecular weight excluding hydrogens is 310 g/mol. The van der Waals surface area contributed by atoms with Crippen LogP contribution in [0.1, 0.15) is 5.56 Å². The van der Waals surface area contributed by atoms with E-state index in [0.717, 1.165) is 33.6 Å². The molecule has 4 nitrogen and oxygen atoms in total. The van der Waals surface area contributed by atoms with Crippen LogP contribution in [0.4, 0.5) is 0 Å². The Morgan fingerprint density at radius 2 is 1.88 bits per heavy atom. The van der Waals surface area contributed by atoms with Crippen molar-refractivity contribution in [2.24, 2.45) is 0 Å². The van der Waals surface area contributed by atoms with E-state index in [-0.39, 0.29) is 0 Å². The van der Waals surface area contributed by atoms with Crippen LogP contribution in [-0.4, -0.2) is 16.7 Å². The molecule has 4 rings (SSSR count). The minimum atomic E-state index is 0.612. The number of imidazole rings is 1. The van der Waals surface area contributed by atoms with Crippen molar-refractivity contribution in [3.8, 4) is 28.6 Å². The molecule has 0 saturated carbocycles. The molecule has 3 aromatic carbocycles. The lowest BCUT2D eigenvalue weighted by atomic mass is 10.0. The van der Waals surface area contributed by atoms with Gasteiger partial charge in [0.1, 0.15) is 12.1 Å². The molecule has 1 heterocycles. The number of para-hydroxylation sites is 1. The van der Waals surface area contributed by atoms with Crippen LogP contribution >= 0.6 is 0 Å². The summed E-state index contributed by atoms with van der Waals surface area (Å²) in [5.74, 6) is 0.841. The molecule has 0 saturated heterocycles. The molecule has 0 aliphatic rings. The van der Waals surface area contributed by atoms with Crippen LogP contribution in [-0.2, 0) is 0 Å². The second-order valence-electron chi connectivity index (χ2n) is 5.68. The Balaban J connectivity index is 1.84. The Morgan fingerprint density at radius 3 is 2.72 bits per heavy atom. The predicted octanol–water partition coefficient (Wildman–Crippen LogP) is 4.57. The molecule has 1 aromatic heterocycles. The first-order valence-electron chi connectivity index (χ1n) is 7.91. The van der Waals surface area contributed by atoms with Gasteiger partial charge in [-0.15, -0.1) is 0 Å². The summed E-state index contributed by atoms with van der Waals surface area (Å²) in [7, 11) is 1.68. The molecule has 0 N–H and O–H groups in total. The summed E-state index contributed by atoms with van der Waals surface area (Å²) in [6.07, 6.45) is 1.78. The highest BCUT2D eigenvalue weighted by Gasteiger charge is 2.09. The zero-order chi connectivity index (χ0) is 17.2. The highest BCUT2D eigenvalue weighted by molar-refractivity contribution is 5.80. The van der Waals surface area contributed by atoms with Crippen LogP contribution in [0.25, 0.3) is 27.8 Å². The average Bonchev–Trinajstić information content (AvgIpc) is 3.11. The van der Waals surface area contributed by atoms with Gasteiger partial charge in [-0.3, -0.25) is 4.57 Å². The maximum Gasteiger partial charge on any atom is 0.126 e. The van der Waals surface area contributed by atoms with Crippen LogP contribution in [0.15, 0.2) is 73.1 Å². The molecule has 0 fully saturated rings. The molecule has 4 aromatic rings. The Hall–Kier alpha value is -3.58. The highest BCUT2D eigenvalue weighted by atomic mass is 16.5. The summed E-state index contributed by atoms with van der Waals surface area (Å²) < 4.78 is 7.50. The van der Waals surface area contributed by atoms with Crippen molar-refractivity contribution < 1.29 is 4.74 Å². The van der Waals surface area contributed by atoms with Gasteiger partial charge in [-0.05, 0) is 42.0 Å². The quantitative estimate of drug-likeness (QED) is 0.554. The van der Waals surface area contributed by atoms with Crippen LogP contribution in [0.2, 0.25) is 0 Å². The van der Waals surface area contributed by atoms with Gasteiger partial charge in [0.05, 0.1) is 29.8 Å². The van der Waals surface area contributed by atoms with Gasteiger partial charge in [0.15, 0.2) is 0 Å². The van der Waals surface area contributed by atoms with Gasteiger partial charge >= 0.3 is 0 Å². The number of rotatable bonds is 3. The zero-order valence-corrected chi connectivity index (χ0v) is 13.7. The largest absolute Gasteiger partial charge is 0.496 e. The SMILES string of the molecule is COc1ccccc1-c1cccc(-n2cnc3cc(C#N)ccc32)c1. The van der Waals surface area contributed by atoms with Crippen LogP contribution in [0.5, 0.6) is 5.75 Å². The lowest BCUT2D eigenvalue weighted by molar-refractivity contribution is 0.416. The number of hydrogen-bond donors (Lipinski definition) is 0. The minimum absolute atomic E-state index is 0.612. The molecular formula is C21H15N3O. The summed E-state index contributed by atoms with van der Waals surface area (Å²) in [4.78, 5) is 4.43. The van der Waals surface area contributed by atoms with E-state index in [0.29, 0.717) is 5.56 Å². The number of methoxy groups -OCH3 is 1. The smallest absolute Gasteiger partial charge is 0.126 e. The van der Waals surface area contributed by atoms with E-state index in [2.05, 4.69) is 23.2 Å². The fourth-order valence-electron chi connectivity index (χ4n) is 2.99. The van der Waals surface area contributed by atoms with Crippen molar-refractivity contribution in [1.82, 2.24) is 9.55 Å². The molecule has 0 atom stereocenters. The van der Waals surface area contributed by atoms with E-state index >= 15 is 0 Å². The second kappa shape index (κ2) is 6.14. The number of benzene rings is 3. The zero-order valence-electron chi connectivity index (χ0n) is 13.7. The Labute approximate surface area is 145 Å². The number of fused-ring (bicyclic) bond motifs is 1. The number of ether oxygens (including phenoxy) is 1. The molecule has 0 bridgehead atoms. The normalized spacial score (nSPS) is 10.6. The van der Waals surface area contributed by atoms with E-state index in [9.17, 15) is 0 Å². The van der Waals surface area contributed by atoms with E-state index in [1.807, 2.05) is 53.1 Å². The van der Waals surface area contributed by atoms with E-state index < -0.39 is 0 Å². The summed E-state index contributed by atoms with van der Waals surface area (Å²) in [5, 5.41) is 9.04. The van der Waals surface area contributed by atoms with Crippen molar-refractivity contribution in [1.29, 1.82) is 5.26 Å². The van der Waals surface area contributed by atoms with Crippen molar-refractivity contribution in [3.63, 3.8) is 0 Å². The number of nitriles is 1. The Bertz CT molecular complexity index is 1110. The second-order valence-corrected chi connectivity index (χ2v) is 5.68. The summed E-state index contributed by atoms with van der Waals surface area (Å²) in [6.45, 7) is 0. The lowest BCUT2D eigenvalue weighted by Crippen LogP contribution is -1.93. The van der Waals surface area contributed by atoms with Gasteiger partial charge in [-0.25, -0.2) is 4.98 Å². The number of aromatic nitrogens is 2. The van der Waals surface area contributed by atoms with Gasteiger partial charge in [-0.1, -0.05) is 30.3 Å². The fourth-order valence-corrected chi connectivity index (χ4v) is 2.99. The van der Waals surface area contributed by atoms with Gasteiger partial charge in [0.25, 0.3) is 0 Å². The van der Waals surface area contributed by atoms with Crippen LogP contribution in [0, 0.1) is 11.3 Å². The van der Waals surface area contributed by atoms with Crippen molar-refractivity contribution in [2.45, 2.75) is 0 Å². The molecule has 25 heavy (non-hydrogen) atoms. The maximum atomic E-state index is 9.04. The fraction of sp³-hybridized carbons (Fsp3) is 0.0476. The van der Waals surface area contributed by atoms with Gasteiger partial charge in [0, 0.05) is 11.3 Å². The molecule has 0 radical (unpaired) electrons. The predicted molar refractivity (Wildman–Crippen MR) is 97.8 cm³/mol. The first-order valence-corrected chi connectivity index (χ1v) is 7.91. The number of hydrogen-bond acceptors (Lipinski definition) is 3. The Morgan fingerprint density at radius 1 is 1.00 bits per heavy atom. The molecule has 0 amide bonds. The van der Waals surface area contributed by atoms with Crippen molar-refractivity contribution >= 4 is 11.0 Å². The topological polar surface area (TPSA) is 50.8 Å². The van der Waals surface area contributed by atoms with E-state index in [1.54, 1.807) is 19.5 Å². The molecule has 0 unspecified atom stereocenters. The maximum absolute atomic E-state index is 9.04. The van der Waals surface area contributed by atoms with E-state index in [4.69, 9.17) is 10.00 Å². The van der Waals surface area contributed by atoms with Crippen LogP contribution < -0.4 is 4.74 Å². The summed E-state index contributed by atoms with van der Waals surface area (Å²) >= 11 is 0. The number of nitrogens with zero attached hydrogens (tertiary/aromatic N) is 3. The molecule has 4 heteroatoms. The third-order valence-corrected chi connectivity index (χ3v) is 4.22. The third-order valence-electron chi connectivity index (χ3n) is 4.22. The summed E-state index contributed by atoms with van der Waals surface area (Å²) in [5.41, 5.74) is 5.52. The first-order chi connectivity index (χ1) is 12.3. The van der Waals surface area contributed by atoms with Gasteiger partial charge in [-0.2, -0.15) is 5.26 Å². The standard InChI is InChI=1S/C21H15N3O/c1-25-21-8-3-2-7-18(21)16-5-4-6-17(12-16)24-14-23-19-11-15(13-22)9-10-20(19)24/h2-12,14H,1H3. The van der Waals surface area contributed by atoms with Crippen LogP contribution in [0.3, 0.4) is 0 Å². The van der Waals surface area contributed by atoms with Crippen molar-refractivity contribution in [3.05, 3.63) is 78.6 Å². The van der Waals surface area contributed by atoms with E-state index in [1.165, 1.54) is 0 Å². The Kier molecular flexibility index (Phi) is 3.68. The highest BCUT2D eigenvalue weighted by Crippen LogP contribution is 2.31.